The van der Waals surface area contributed by atoms with Crippen LogP contribution in [0, 0.1) is 0 Å². The second-order valence-electron chi connectivity index (χ2n) is 8.11. The average molecular weight is 428 g/mol. The summed E-state index contributed by atoms with van der Waals surface area (Å²) in [6.07, 6.45) is 0.658. The minimum atomic E-state index is -0.551. The highest BCUT2D eigenvalue weighted by Crippen LogP contribution is 2.15. The largest absolute Gasteiger partial charge is 0.352 e. The van der Waals surface area contributed by atoms with Crippen molar-refractivity contribution in [2.45, 2.75) is 66.2 Å². The Morgan fingerprint density at radius 3 is 2.35 bits per heavy atom. The molecular formula is C21H28N6O4. The van der Waals surface area contributed by atoms with Crippen LogP contribution in [0.4, 0.5) is 0 Å². The van der Waals surface area contributed by atoms with E-state index in [2.05, 4.69) is 15.7 Å². The van der Waals surface area contributed by atoms with Crippen LogP contribution < -0.4 is 21.9 Å². The Balaban J connectivity index is 2.27. The summed E-state index contributed by atoms with van der Waals surface area (Å²) in [6, 6.07) is 4.48. The molecule has 3 rings (SSSR count). The molecule has 0 unspecified atom stereocenters. The lowest BCUT2D eigenvalue weighted by Gasteiger charge is -2.11. The summed E-state index contributed by atoms with van der Waals surface area (Å²) in [5.41, 5.74) is -0.245. The summed E-state index contributed by atoms with van der Waals surface area (Å²) < 4.78 is 3.76. The van der Waals surface area contributed by atoms with Gasteiger partial charge in [-0.25, -0.2) is 13.9 Å². The van der Waals surface area contributed by atoms with E-state index in [0.717, 1.165) is 4.68 Å². The second-order valence-corrected chi connectivity index (χ2v) is 8.11. The van der Waals surface area contributed by atoms with Gasteiger partial charge in [-0.3, -0.25) is 19.0 Å². The zero-order chi connectivity index (χ0) is 22.9. The number of benzene rings is 1. The molecule has 0 radical (unpaired) electrons. The van der Waals surface area contributed by atoms with Crippen molar-refractivity contribution in [1.82, 2.24) is 29.4 Å². The Morgan fingerprint density at radius 1 is 1.06 bits per heavy atom. The highest BCUT2D eigenvalue weighted by molar-refractivity contribution is 5.98. The standard InChI is InChI=1S/C21H28N6O4/c1-6-9-25-19(30)15-8-7-14(18(29)23-13(4)5)10-16(15)27-20(25)24-26(21(27)31)11-17(28)22-12(2)3/h7-8,10,12-13H,6,9,11H2,1-5H3,(H,22,28)(H,23,29). The highest BCUT2D eigenvalue weighted by atomic mass is 16.2. The molecule has 0 saturated heterocycles. The van der Waals surface area contributed by atoms with Crippen LogP contribution in [0.15, 0.2) is 27.8 Å². The molecule has 0 fully saturated rings. The normalized spacial score (nSPS) is 11.6. The van der Waals surface area contributed by atoms with Crippen molar-refractivity contribution >= 4 is 28.5 Å². The van der Waals surface area contributed by atoms with Crippen molar-refractivity contribution < 1.29 is 9.59 Å². The zero-order valence-corrected chi connectivity index (χ0v) is 18.4. The van der Waals surface area contributed by atoms with Gasteiger partial charge in [-0.1, -0.05) is 6.92 Å². The van der Waals surface area contributed by atoms with Gasteiger partial charge in [0.15, 0.2) is 0 Å². The first-order valence-corrected chi connectivity index (χ1v) is 10.4. The lowest BCUT2D eigenvalue weighted by atomic mass is 10.1. The molecule has 0 spiro atoms. The van der Waals surface area contributed by atoms with Crippen molar-refractivity contribution in [3.8, 4) is 0 Å². The number of aromatic nitrogens is 4. The number of hydrogen-bond acceptors (Lipinski definition) is 5. The summed E-state index contributed by atoms with van der Waals surface area (Å²) in [4.78, 5) is 50.9. The van der Waals surface area contributed by atoms with Gasteiger partial charge in [0.2, 0.25) is 11.7 Å². The molecule has 0 bridgehead atoms. The molecule has 2 N–H and O–H groups in total. The molecule has 31 heavy (non-hydrogen) atoms. The summed E-state index contributed by atoms with van der Waals surface area (Å²) in [6.45, 7) is 9.34. The Hall–Kier alpha value is -3.43. The third-order valence-corrected chi connectivity index (χ3v) is 4.65. The van der Waals surface area contributed by atoms with Crippen molar-refractivity contribution in [2.24, 2.45) is 0 Å². The number of nitrogens with zero attached hydrogens (tertiary/aromatic N) is 4. The Labute approximate surface area is 178 Å². The molecular weight excluding hydrogens is 400 g/mol. The lowest BCUT2D eigenvalue weighted by molar-refractivity contribution is -0.122. The number of hydrogen-bond donors (Lipinski definition) is 2. The van der Waals surface area contributed by atoms with Gasteiger partial charge in [0.1, 0.15) is 6.54 Å². The van der Waals surface area contributed by atoms with Crippen LogP contribution in [0.1, 0.15) is 51.4 Å². The van der Waals surface area contributed by atoms with E-state index in [1.165, 1.54) is 15.0 Å². The van der Waals surface area contributed by atoms with E-state index in [1.54, 1.807) is 12.1 Å². The van der Waals surface area contributed by atoms with Crippen LogP contribution in [-0.2, 0) is 17.9 Å². The van der Waals surface area contributed by atoms with Gasteiger partial charge in [0.05, 0.1) is 10.9 Å². The quantitative estimate of drug-likeness (QED) is 0.579. The second kappa shape index (κ2) is 8.75. The predicted molar refractivity (Wildman–Crippen MR) is 117 cm³/mol. The first-order chi connectivity index (χ1) is 14.6. The number of fused-ring (bicyclic) bond motifs is 3. The van der Waals surface area contributed by atoms with Crippen LogP contribution in [0.25, 0.3) is 16.7 Å². The Morgan fingerprint density at radius 2 is 1.74 bits per heavy atom. The molecule has 2 aromatic heterocycles. The number of aryl methyl sites for hydroxylation is 1. The summed E-state index contributed by atoms with van der Waals surface area (Å²) in [5.74, 6) is -0.520. The van der Waals surface area contributed by atoms with Gasteiger partial charge in [0, 0.05) is 24.2 Å². The van der Waals surface area contributed by atoms with Crippen LogP contribution in [0.5, 0.6) is 0 Å². The lowest BCUT2D eigenvalue weighted by Crippen LogP contribution is -2.36. The highest BCUT2D eigenvalue weighted by Gasteiger charge is 2.20. The van der Waals surface area contributed by atoms with E-state index in [1.807, 2.05) is 34.6 Å². The predicted octanol–water partition coefficient (Wildman–Crippen LogP) is 0.884. The molecule has 1 aromatic carbocycles. The fraction of sp³-hybridized carbons (Fsp3) is 0.476. The summed E-state index contributed by atoms with van der Waals surface area (Å²) in [7, 11) is 0. The average Bonchev–Trinajstić information content (AvgIpc) is 2.99. The molecule has 0 aliphatic heterocycles. The first-order valence-electron chi connectivity index (χ1n) is 10.4. The van der Waals surface area contributed by atoms with Crippen molar-refractivity contribution in [3.05, 3.63) is 44.6 Å². The maximum absolute atomic E-state index is 13.2. The van der Waals surface area contributed by atoms with Gasteiger partial charge in [0.25, 0.3) is 11.5 Å². The van der Waals surface area contributed by atoms with Gasteiger partial charge in [-0.05, 0) is 52.3 Å². The Kier molecular flexibility index (Phi) is 6.28. The van der Waals surface area contributed by atoms with Crippen LogP contribution in [-0.4, -0.2) is 42.6 Å². The molecule has 0 saturated carbocycles. The number of amides is 2. The molecule has 0 atom stereocenters. The van der Waals surface area contributed by atoms with E-state index in [4.69, 9.17) is 0 Å². The molecule has 0 aliphatic rings. The van der Waals surface area contributed by atoms with Gasteiger partial charge < -0.3 is 10.6 Å². The number of carbonyl (C=O) groups excluding carboxylic acids is 2. The number of rotatable bonds is 7. The minimum absolute atomic E-state index is 0.0642. The van der Waals surface area contributed by atoms with Crippen LogP contribution in [0.2, 0.25) is 0 Å². The molecule has 3 aromatic rings. The van der Waals surface area contributed by atoms with Crippen molar-refractivity contribution in [2.75, 3.05) is 0 Å². The molecule has 2 amide bonds. The van der Waals surface area contributed by atoms with Gasteiger partial charge in [-0.15, -0.1) is 5.10 Å². The number of carbonyl (C=O) groups is 2. The minimum Gasteiger partial charge on any atom is -0.352 e. The molecule has 0 aliphatic carbocycles. The van der Waals surface area contributed by atoms with Gasteiger partial charge in [-0.2, -0.15) is 0 Å². The van der Waals surface area contributed by atoms with Crippen LogP contribution >= 0.6 is 0 Å². The van der Waals surface area contributed by atoms with Crippen molar-refractivity contribution in [3.63, 3.8) is 0 Å². The fourth-order valence-corrected chi connectivity index (χ4v) is 3.43. The Bertz CT molecular complexity index is 1260. The maximum Gasteiger partial charge on any atom is 0.352 e. The maximum atomic E-state index is 13.2. The first kappa shape index (κ1) is 22.3. The zero-order valence-electron chi connectivity index (χ0n) is 18.4. The topological polar surface area (TPSA) is 120 Å². The SMILES string of the molecule is CCCn1c(=O)c2ccc(C(=O)NC(C)C)cc2n2c(=O)n(CC(=O)NC(C)C)nc12. The third-order valence-electron chi connectivity index (χ3n) is 4.65. The van der Waals surface area contributed by atoms with E-state index in [0.29, 0.717) is 23.9 Å². The van der Waals surface area contributed by atoms with Crippen LogP contribution in [0.3, 0.4) is 0 Å². The van der Waals surface area contributed by atoms with E-state index < -0.39 is 5.69 Å². The van der Waals surface area contributed by atoms with E-state index in [9.17, 15) is 19.2 Å². The molecule has 166 valence electrons. The van der Waals surface area contributed by atoms with Gasteiger partial charge >= 0.3 is 5.69 Å². The smallest absolute Gasteiger partial charge is 0.352 e. The summed E-state index contributed by atoms with van der Waals surface area (Å²) in [5, 5.41) is 10.1. The molecule has 2 heterocycles. The summed E-state index contributed by atoms with van der Waals surface area (Å²) >= 11 is 0. The third kappa shape index (κ3) is 4.37. The van der Waals surface area contributed by atoms with E-state index >= 15 is 0 Å². The molecule has 10 heteroatoms. The van der Waals surface area contributed by atoms with Crippen molar-refractivity contribution in [1.29, 1.82) is 0 Å². The van der Waals surface area contributed by atoms with E-state index in [-0.39, 0.29) is 47.3 Å². The fourth-order valence-electron chi connectivity index (χ4n) is 3.43. The number of nitrogens with one attached hydrogen (secondary N) is 2. The molecule has 10 nitrogen and oxygen atoms in total. The monoisotopic (exact) mass is 428 g/mol.